The number of halogens is 1. The van der Waals surface area contributed by atoms with Crippen molar-refractivity contribution in [1.82, 2.24) is 0 Å². The van der Waals surface area contributed by atoms with Gasteiger partial charge in [-0.3, -0.25) is 0 Å². The molecule has 0 aromatic rings. The molecule has 4 heteroatoms. The Bertz CT molecular complexity index is 130. The van der Waals surface area contributed by atoms with E-state index in [0.29, 0.717) is 0 Å². The molecule has 0 fully saturated rings. The Kier molecular flexibility index (Phi) is 2.59. The zero-order valence-electron chi connectivity index (χ0n) is 3.56. The summed E-state index contributed by atoms with van der Waals surface area (Å²) in [4.78, 5) is 0. The third kappa shape index (κ3) is 5.62. The molecule has 42 valence electrons. The fourth-order valence-corrected chi connectivity index (χ4v) is 0.420. The molecule has 0 aliphatic rings. The van der Waals surface area contributed by atoms with Crippen molar-refractivity contribution in [2.45, 2.75) is 0 Å². The van der Waals surface area contributed by atoms with Crippen molar-refractivity contribution in [2.75, 3.05) is 5.75 Å². The predicted octanol–water partition coefficient (Wildman–Crippen LogP) is 0.0810. The molecule has 0 radical (unpaired) electrons. The van der Waals surface area contributed by atoms with Gasteiger partial charge in [-0.25, -0.2) is 12.8 Å². The van der Waals surface area contributed by atoms with E-state index >= 15 is 0 Å². The lowest BCUT2D eigenvalue weighted by molar-refractivity contribution is 0.601. The molecule has 0 spiro atoms. The van der Waals surface area contributed by atoms with Crippen LogP contribution in [0.4, 0.5) is 4.39 Å². The van der Waals surface area contributed by atoms with Crippen molar-refractivity contribution in [2.24, 2.45) is 0 Å². The summed E-state index contributed by atoms with van der Waals surface area (Å²) in [6.07, 6.45) is 0. The lowest BCUT2D eigenvalue weighted by atomic mass is 10.7. The van der Waals surface area contributed by atoms with E-state index in [1.54, 1.807) is 0 Å². The zero-order chi connectivity index (χ0) is 5.86. The molecule has 0 saturated carbocycles. The summed E-state index contributed by atoms with van der Waals surface area (Å²) < 4.78 is 30.5. The fourth-order valence-electron chi connectivity index (χ4n) is 0.140. The van der Waals surface area contributed by atoms with Gasteiger partial charge in [0, 0.05) is 0 Å². The van der Waals surface area contributed by atoms with Crippen LogP contribution in [0, 0.1) is 0 Å². The molecule has 0 rings (SSSR count). The van der Waals surface area contributed by atoms with Gasteiger partial charge in [0.25, 0.3) is 0 Å². The van der Waals surface area contributed by atoms with Gasteiger partial charge < -0.3 is 0 Å². The van der Waals surface area contributed by atoms with Crippen molar-refractivity contribution >= 4 is 10.7 Å². The summed E-state index contributed by atoms with van der Waals surface area (Å²) in [7, 11) is -2.61. The average Bonchev–Trinajstić information content (AvgIpc) is 1.27. The first-order valence-electron chi connectivity index (χ1n) is 1.58. The Morgan fingerprint density at radius 1 is 1.71 bits per heavy atom. The maximum Gasteiger partial charge on any atom is 0.146 e. The molecule has 7 heavy (non-hydrogen) atoms. The largest absolute Gasteiger partial charge is 0.231 e. The van der Waals surface area contributed by atoms with Crippen LogP contribution >= 0.6 is 0 Å². The van der Waals surface area contributed by atoms with Gasteiger partial charge in [0.2, 0.25) is 0 Å². The van der Waals surface area contributed by atoms with Crippen LogP contribution in [0.1, 0.15) is 0 Å². The van der Waals surface area contributed by atoms with Gasteiger partial charge in [0.15, 0.2) is 0 Å². The van der Waals surface area contributed by atoms with E-state index in [4.69, 9.17) is 0 Å². The summed E-state index contributed by atoms with van der Waals surface area (Å²) >= 11 is 0. The number of rotatable bonds is 2. The molecule has 0 aromatic heterocycles. The minimum absolute atomic E-state index is 0.546. The van der Waals surface area contributed by atoms with E-state index in [9.17, 15) is 12.8 Å². The van der Waals surface area contributed by atoms with Gasteiger partial charge in [0.1, 0.15) is 16.5 Å². The molecule has 0 aliphatic heterocycles. The molecular formula is C3H5FO2S. The highest BCUT2D eigenvalue weighted by Crippen LogP contribution is 1.87. The first-order valence-corrected chi connectivity index (χ1v) is 2.94. The topological polar surface area (TPSA) is 34.1 Å². The Morgan fingerprint density at radius 3 is 2.14 bits per heavy atom. The van der Waals surface area contributed by atoms with Gasteiger partial charge >= 0.3 is 0 Å². The van der Waals surface area contributed by atoms with Crippen molar-refractivity contribution in [3.63, 3.8) is 0 Å². The zero-order valence-corrected chi connectivity index (χ0v) is 4.45. The molecule has 0 bridgehead atoms. The second-order valence-electron chi connectivity index (χ2n) is 1.01. The number of hydrogen-bond donors (Lipinski definition) is 1. The molecule has 2 nitrogen and oxygen atoms in total. The maximum absolute atomic E-state index is 11.4. The monoisotopic (exact) mass is 124 g/mol. The van der Waals surface area contributed by atoms with Crippen molar-refractivity contribution < 1.29 is 12.8 Å². The summed E-state index contributed by atoms with van der Waals surface area (Å²) in [5, 5.41) is 0. The van der Waals surface area contributed by atoms with Crippen LogP contribution in [0.5, 0.6) is 0 Å². The van der Waals surface area contributed by atoms with Crippen LogP contribution in [-0.2, 0) is 10.7 Å². The smallest absolute Gasteiger partial charge is 0.146 e. The average molecular weight is 124 g/mol. The molecule has 0 heterocycles. The number of hydrogen-bond acceptors (Lipinski definition) is 2. The minimum atomic E-state index is -2.61. The summed E-state index contributed by atoms with van der Waals surface area (Å²) in [5.74, 6) is -1.36. The summed E-state index contributed by atoms with van der Waals surface area (Å²) in [5.41, 5.74) is 0. The molecule has 0 amide bonds. The molecule has 0 N–H and O–H groups in total. The highest BCUT2D eigenvalue weighted by Gasteiger charge is 1.87. The highest BCUT2D eigenvalue weighted by molar-refractivity contribution is 7.72. The lowest BCUT2D eigenvalue weighted by Gasteiger charge is -1.76. The van der Waals surface area contributed by atoms with E-state index in [1.165, 1.54) is 0 Å². The fraction of sp³-hybridized carbons (Fsp3) is 0.333. The van der Waals surface area contributed by atoms with Crippen molar-refractivity contribution in [1.29, 1.82) is 0 Å². The van der Waals surface area contributed by atoms with Crippen LogP contribution in [-0.4, -0.2) is 14.2 Å². The van der Waals surface area contributed by atoms with Gasteiger partial charge in [-0.15, -0.1) is 0 Å². The molecular weight excluding hydrogens is 119 g/mol. The molecule has 0 saturated heterocycles. The lowest BCUT2D eigenvalue weighted by Crippen LogP contribution is -1.83. The second kappa shape index (κ2) is 2.74. The van der Waals surface area contributed by atoms with Gasteiger partial charge in [0.05, 0.1) is 5.75 Å². The van der Waals surface area contributed by atoms with E-state index in [2.05, 4.69) is 6.58 Å². The van der Waals surface area contributed by atoms with Gasteiger partial charge in [-0.05, 0) is 0 Å². The normalized spacial score (nSPS) is 9.43. The molecule has 0 aromatic carbocycles. The Hall–Kier alpha value is -0.380. The Morgan fingerprint density at radius 2 is 2.14 bits per heavy atom. The molecule has 0 unspecified atom stereocenters. The van der Waals surface area contributed by atoms with Gasteiger partial charge in [-0.2, -0.15) is 0 Å². The van der Waals surface area contributed by atoms with Crippen LogP contribution in [0.3, 0.4) is 0 Å². The minimum Gasteiger partial charge on any atom is -0.231 e. The van der Waals surface area contributed by atoms with E-state index in [1.807, 2.05) is 0 Å². The Labute approximate surface area is 42.6 Å². The maximum atomic E-state index is 11.4. The van der Waals surface area contributed by atoms with E-state index in [0.717, 1.165) is 0 Å². The van der Waals surface area contributed by atoms with Crippen LogP contribution in [0.25, 0.3) is 0 Å². The SMILES string of the molecule is C=C(F)C[SH](=O)=O. The summed E-state index contributed by atoms with van der Waals surface area (Å²) in [6.45, 7) is 2.74. The van der Waals surface area contributed by atoms with E-state index in [-0.39, 0.29) is 0 Å². The van der Waals surface area contributed by atoms with E-state index < -0.39 is 22.3 Å². The second-order valence-corrected chi connectivity index (χ2v) is 1.99. The first kappa shape index (κ1) is 6.62. The third-order valence-corrected chi connectivity index (χ3v) is 0.902. The third-order valence-electron chi connectivity index (χ3n) is 0.301. The van der Waals surface area contributed by atoms with Crippen LogP contribution < -0.4 is 0 Å². The van der Waals surface area contributed by atoms with Crippen LogP contribution in [0.2, 0.25) is 0 Å². The molecule has 0 aliphatic carbocycles. The standard InChI is InChI=1S/C3H5FO2S/c1-3(4)2-7(5)6/h7H,1-2H2. The summed E-state index contributed by atoms with van der Waals surface area (Å²) in [6, 6.07) is 0. The highest BCUT2D eigenvalue weighted by atomic mass is 32.2. The predicted molar refractivity (Wildman–Crippen MR) is 25.4 cm³/mol. The quantitative estimate of drug-likeness (QED) is 0.529. The number of thiol groups is 1. The Balaban J connectivity index is 3.53. The van der Waals surface area contributed by atoms with Crippen molar-refractivity contribution in [3.05, 3.63) is 12.4 Å². The van der Waals surface area contributed by atoms with Crippen molar-refractivity contribution in [3.8, 4) is 0 Å². The first-order chi connectivity index (χ1) is 3.13. The molecule has 0 atom stereocenters. The van der Waals surface area contributed by atoms with Gasteiger partial charge in [-0.1, -0.05) is 6.58 Å². The van der Waals surface area contributed by atoms with Crippen LogP contribution in [0.15, 0.2) is 12.4 Å².